The number of hydrogen-bond donors (Lipinski definition) is 2. The van der Waals surface area contributed by atoms with Crippen LogP contribution in [0.4, 0.5) is 0 Å². The van der Waals surface area contributed by atoms with Crippen LogP contribution < -0.4 is 5.32 Å². The second-order valence-electron chi connectivity index (χ2n) is 6.61. The van der Waals surface area contributed by atoms with E-state index in [1.165, 1.54) is 19.4 Å². The quantitative estimate of drug-likeness (QED) is 0.816. The number of nitrogens with one attached hydrogen (secondary N) is 1. The third-order valence-electron chi connectivity index (χ3n) is 5.32. The van der Waals surface area contributed by atoms with Gasteiger partial charge in [0.25, 0.3) is 0 Å². The number of aliphatic carboxylic acids is 1. The van der Waals surface area contributed by atoms with Gasteiger partial charge in [0.05, 0.1) is 5.92 Å². The monoisotopic (exact) mass is 280 g/mol. The standard InChI is InChI=1S/C15H24N2O3/c18-14(10-3-4-11(8-10)15(19)20)16-12-5-7-17-6-1-2-13(17)9-12/h10-13H,1-9H2,(H,16,18)(H,19,20). The second-order valence-corrected chi connectivity index (χ2v) is 6.61. The summed E-state index contributed by atoms with van der Waals surface area (Å²) in [7, 11) is 0. The van der Waals surface area contributed by atoms with Gasteiger partial charge in [0.2, 0.25) is 5.91 Å². The summed E-state index contributed by atoms with van der Waals surface area (Å²) in [6.45, 7) is 2.31. The summed E-state index contributed by atoms with van der Waals surface area (Å²) in [4.78, 5) is 25.7. The van der Waals surface area contributed by atoms with E-state index in [0.29, 0.717) is 24.9 Å². The van der Waals surface area contributed by atoms with Crippen LogP contribution in [0.1, 0.15) is 44.9 Å². The molecule has 112 valence electrons. The van der Waals surface area contributed by atoms with Crippen LogP contribution in [0, 0.1) is 11.8 Å². The van der Waals surface area contributed by atoms with E-state index in [1.54, 1.807) is 0 Å². The summed E-state index contributed by atoms with van der Waals surface area (Å²) >= 11 is 0. The van der Waals surface area contributed by atoms with Crippen LogP contribution in [0.2, 0.25) is 0 Å². The number of carboxylic acids is 1. The molecule has 5 heteroatoms. The van der Waals surface area contributed by atoms with Gasteiger partial charge >= 0.3 is 5.97 Å². The molecule has 5 nitrogen and oxygen atoms in total. The number of rotatable bonds is 3. The summed E-state index contributed by atoms with van der Waals surface area (Å²) < 4.78 is 0. The third kappa shape index (κ3) is 2.82. The number of piperidine rings is 1. The van der Waals surface area contributed by atoms with Crippen molar-refractivity contribution in [2.45, 2.75) is 57.0 Å². The number of carbonyl (C=O) groups is 2. The fraction of sp³-hybridized carbons (Fsp3) is 0.867. The summed E-state index contributed by atoms with van der Waals surface area (Å²) in [5, 5.41) is 12.2. The lowest BCUT2D eigenvalue weighted by Gasteiger charge is -2.35. The maximum atomic E-state index is 12.3. The Morgan fingerprint density at radius 3 is 2.55 bits per heavy atom. The lowest BCUT2D eigenvalue weighted by Crippen LogP contribution is -2.48. The third-order valence-corrected chi connectivity index (χ3v) is 5.32. The average Bonchev–Trinajstić information content (AvgIpc) is 3.07. The van der Waals surface area contributed by atoms with Gasteiger partial charge in [0.1, 0.15) is 0 Å². The normalized spacial score (nSPS) is 37.6. The van der Waals surface area contributed by atoms with Crippen LogP contribution in [0.25, 0.3) is 0 Å². The minimum absolute atomic E-state index is 0.0855. The van der Waals surface area contributed by atoms with Gasteiger partial charge in [-0.05, 0) is 51.5 Å². The largest absolute Gasteiger partial charge is 0.481 e. The lowest BCUT2D eigenvalue weighted by molar-refractivity contribution is -0.141. The highest BCUT2D eigenvalue weighted by Gasteiger charge is 2.36. The van der Waals surface area contributed by atoms with Crippen molar-refractivity contribution in [1.82, 2.24) is 10.2 Å². The smallest absolute Gasteiger partial charge is 0.306 e. The zero-order valence-corrected chi connectivity index (χ0v) is 11.9. The molecule has 3 rings (SSSR count). The highest BCUT2D eigenvalue weighted by Crippen LogP contribution is 2.32. The Morgan fingerprint density at radius 2 is 1.80 bits per heavy atom. The molecule has 4 unspecified atom stereocenters. The van der Waals surface area contributed by atoms with Crippen LogP contribution in [0.5, 0.6) is 0 Å². The molecule has 2 aliphatic heterocycles. The Hall–Kier alpha value is -1.10. The molecule has 4 atom stereocenters. The summed E-state index contributed by atoms with van der Waals surface area (Å²) in [5.74, 6) is -1.06. The molecule has 2 N–H and O–H groups in total. The minimum atomic E-state index is -0.750. The molecule has 3 fully saturated rings. The topological polar surface area (TPSA) is 69.6 Å². The van der Waals surface area contributed by atoms with Crippen molar-refractivity contribution in [1.29, 1.82) is 0 Å². The molecule has 3 aliphatic rings. The lowest BCUT2D eigenvalue weighted by atomic mass is 9.96. The molecule has 20 heavy (non-hydrogen) atoms. The molecule has 2 saturated heterocycles. The van der Waals surface area contributed by atoms with E-state index < -0.39 is 5.97 Å². The van der Waals surface area contributed by atoms with E-state index in [0.717, 1.165) is 25.8 Å². The molecule has 2 heterocycles. The van der Waals surface area contributed by atoms with Gasteiger partial charge < -0.3 is 15.3 Å². The van der Waals surface area contributed by atoms with Crippen molar-refractivity contribution in [3.8, 4) is 0 Å². The average molecular weight is 280 g/mol. The molecule has 0 aromatic rings. The number of carbonyl (C=O) groups excluding carboxylic acids is 1. The van der Waals surface area contributed by atoms with Crippen LogP contribution in [0.3, 0.4) is 0 Å². The molecule has 1 amide bonds. The summed E-state index contributed by atoms with van der Waals surface area (Å²) in [5.41, 5.74) is 0. The Morgan fingerprint density at radius 1 is 1.00 bits per heavy atom. The maximum Gasteiger partial charge on any atom is 0.306 e. The van der Waals surface area contributed by atoms with Crippen LogP contribution in [-0.4, -0.2) is 47.1 Å². The molecular formula is C15H24N2O3. The van der Waals surface area contributed by atoms with E-state index >= 15 is 0 Å². The zero-order chi connectivity index (χ0) is 14.1. The Bertz CT molecular complexity index is 399. The first-order valence-electron chi connectivity index (χ1n) is 7.90. The highest BCUT2D eigenvalue weighted by atomic mass is 16.4. The number of fused-ring (bicyclic) bond motifs is 1. The molecule has 0 aromatic carbocycles. The van der Waals surface area contributed by atoms with Gasteiger partial charge in [-0.25, -0.2) is 0 Å². The Kier molecular flexibility index (Phi) is 3.96. The maximum absolute atomic E-state index is 12.3. The highest BCUT2D eigenvalue weighted by molar-refractivity contribution is 5.81. The fourth-order valence-corrected chi connectivity index (χ4v) is 4.12. The van der Waals surface area contributed by atoms with E-state index in [1.807, 2.05) is 0 Å². The van der Waals surface area contributed by atoms with E-state index in [9.17, 15) is 9.59 Å². The van der Waals surface area contributed by atoms with Crippen LogP contribution in [0.15, 0.2) is 0 Å². The number of carboxylic acid groups (broad SMARTS) is 1. The SMILES string of the molecule is O=C(O)C1CCC(C(=O)NC2CCN3CCCC3C2)C1. The van der Waals surface area contributed by atoms with Crippen LogP contribution in [-0.2, 0) is 9.59 Å². The number of amides is 1. The van der Waals surface area contributed by atoms with Crippen molar-refractivity contribution >= 4 is 11.9 Å². The van der Waals surface area contributed by atoms with Crippen molar-refractivity contribution < 1.29 is 14.7 Å². The molecule has 1 saturated carbocycles. The van der Waals surface area contributed by atoms with Gasteiger partial charge in [-0.2, -0.15) is 0 Å². The van der Waals surface area contributed by atoms with Gasteiger partial charge in [-0.15, -0.1) is 0 Å². The van der Waals surface area contributed by atoms with Crippen molar-refractivity contribution in [3.63, 3.8) is 0 Å². The Labute approximate surface area is 119 Å². The molecule has 0 radical (unpaired) electrons. The molecule has 0 spiro atoms. The second kappa shape index (κ2) is 5.72. The predicted octanol–water partition coefficient (Wildman–Crippen LogP) is 1.23. The first-order chi connectivity index (χ1) is 9.63. The first kappa shape index (κ1) is 13.9. The molecule has 1 aliphatic carbocycles. The number of nitrogens with zero attached hydrogens (tertiary/aromatic N) is 1. The van der Waals surface area contributed by atoms with E-state index in [-0.39, 0.29) is 17.7 Å². The zero-order valence-electron chi connectivity index (χ0n) is 11.9. The van der Waals surface area contributed by atoms with Crippen molar-refractivity contribution in [3.05, 3.63) is 0 Å². The van der Waals surface area contributed by atoms with Crippen molar-refractivity contribution in [2.24, 2.45) is 11.8 Å². The van der Waals surface area contributed by atoms with E-state index in [2.05, 4.69) is 10.2 Å². The molecule has 0 aromatic heterocycles. The van der Waals surface area contributed by atoms with Gasteiger partial charge in [-0.1, -0.05) is 0 Å². The van der Waals surface area contributed by atoms with Gasteiger partial charge in [0.15, 0.2) is 0 Å². The number of hydrogen-bond acceptors (Lipinski definition) is 3. The van der Waals surface area contributed by atoms with Crippen molar-refractivity contribution in [2.75, 3.05) is 13.1 Å². The summed E-state index contributed by atoms with van der Waals surface area (Å²) in [6, 6.07) is 0.954. The Balaban J connectivity index is 1.48. The minimum Gasteiger partial charge on any atom is -0.481 e. The first-order valence-corrected chi connectivity index (χ1v) is 7.90. The van der Waals surface area contributed by atoms with E-state index in [4.69, 9.17) is 5.11 Å². The van der Waals surface area contributed by atoms with Gasteiger partial charge in [-0.3, -0.25) is 9.59 Å². The van der Waals surface area contributed by atoms with Crippen LogP contribution >= 0.6 is 0 Å². The van der Waals surface area contributed by atoms with Gasteiger partial charge in [0, 0.05) is 24.5 Å². The molecular weight excluding hydrogens is 256 g/mol. The fourth-order valence-electron chi connectivity index (χ4n) is 4.12. The predicted molar refractivity (Wildman–Crippen MR) is 74.2 cm³/mol. The summed E-state index contributed by atoms with van der Waals surface area (Å²) in [6.07, 6.45) is 6.55. The molecule has 0 bridgehead atoms.